The van der Waals surface area contributed by atoms with Crippen molar-refractivity contribution < 1.29 is 9.59 Å². The Bertz CT molecular complexity index is 343. The molecule has 0 bridgehead atoms. The Hall–Kier alpha value is -0.860. The van der Waals surface area contributed by atoms with Crippen LogP contribution in [-0.2, 0) is 9.59 Å². The van der Waals surface area contributed by atoms with Gasteiger partial charge in [0, 0.05) is 32.9 Å². The Morgan fingerprint density at radius 2 is 1.69 bits per heavy atom. The van der Waals surface area contributed by atoms with E-state index in [-0.39, 0.29) is 5.41 Å². The lowest BCUT2D eigenvalue weighted by Crippen LogP contribution is -2.49. The first kappa shape index (κ1) is 10.3. The molecule has 1 heterocycles. The molecule has 0 N–H and O–H groups in total. The van der Waals surface area contributed by atoms with Crippen molar-refractivity contribution in [3.8, 4) is 0 Å². The molecule has 1 amide bonds. The first-order valence-corrected chi connectivity index (χ1v) is 6.28. The van der Waals surface area contributed by atoms with Crippen LogP contribution in [0.15, 0.2) is 0 Å². The molecule has 3 fully saturated rings. The van der Waals surface area contributed by atoms with Gasteiger partial charge < -0.3 is 4.90 Å². The fourth-order valence-electron chi connectivity index (χ4n) is 4.29. The number of rotatable bonds is 0. The third-order valence-corrected chi connectivity index (χ3v) is 4.89. The maximum absolute atomic E-state index is 11.6. The second-order valence-electron chi connectivity index (χ2n) is 6.32. The summed E-state index contributed by atoms with van der Waals surface area (Å²) in [6, 6.07) is 0. The van der Waals surface area contributed by atoms with E-state index in [2.05, 4.69) is 0 Å². The smallest absolute Gasteiger partial charge is 0.222 e. The third kappa shape index (κ3) is 1.40. The van der Waals surface area contributed by atoms with E-state index in [9.17, 15) is 9.59 Å². The summed E-state index contributed by atoms with van der Waals surface area (Å²) in [5.41, 5.74) is 0.714. The molecule has 88 valence electrons. The zero-order valence-corrected chi connectivity index (χ0v) is 9.92. The fourth-order valence-corrected chi connectivity index (χ4v) is 4.29. The van der Waals surface area contributed by atoms with Gasteiger partial charge in [-0.25, -0.2) is 0 Å². The first-order valence-electron chi connectivity index (χ1n) is 6.28. The summed E-state index contributed by atoms with van der Waals surface area (Å²) >= 11 is 0. The number of nitrogens with zero attached hydrogens (tertiary/aromatic N) is 1. The lowest BCUT2D eigenvalue weighted by molar-refractivity contribution is -0.131. The maximum Gasteiger partial charge on any atom is 0.222 e. The number of ketones is 1. The summed E-state index contributed by atoms with van der Waals surface area (Å²) < 4.78 is 0. The molecule has 0 aromatic rings. The number of hydrogen-bond donors (Lipinski definition) is 0. The van der Waals surface area contributed by atoms with Crippen molar-refractivity contribution in [1.29, 1.82) is 0 Å². The van der Waals surface area contributed by atoms with Gasteiger partial charge in [0.05, 0.1) is 0 Å². The molecule has 3 rings (SSSR count). The van der Waals surface area contributed by atoms with Crippen molar-refractivity contribution in [2.24, 2.45) is 10.8 Å². The average Bonchev–Trinajstić information content (AvgIpc) is 2.47. The van der Waals surface area contributed by atoms with E-state index < -0.39 is 0 Å². The summed E-state index contributed by atoms with van der Waals surface area (Å²) in [5, 5.41) is 0. The molecule has 1 aliphatic heterocycles. The molecule has 3 aliphatic rings. The second kappa shape index (κ2) is 3.08. The van der Waals surface area contributed by atoms with E-state index in [1.54, 1.807) is 0 Å². The molecule has 0 radical (unpaired) electrons. The molecule has 3 heteroatoms. The zero-order valence-electron chi connectivity index (χ0n) is 9.92. The first-order chi connectivity index (χ1) is 7.53. The summed E-state index contributed by atoms with van der Waals surface area (Å²) in [6.45, 7) is 0.946. The highest BCUT2D eigenvalue weighted by molar-refractivity contribution is 5.80. The monoisotopic (exact) mass is 221 g/mol. The lowest BCUT2D eigenvalue weighted by Gasteiger charge is -2.56. The molecule has 3 nitrogen and oxygen atoms in total. The highest BCUT2D eigenvalue weighted by atomic mass is 16.2. The van der Waals surface area contributed by atoms with E-state index in [1.807, 2.05) is 11.9 Å². The highest BCUT2D eigenvalue weighted by Gasteiger charge is 2.58. The van der Waals surface area contributed by atoms with Gasteiger partial charge in [-0.15, -0.1) is 0 Å². The number of carbonyl (C=O) groups is 2. The van der Waals surface area contributed by atoms with Crippen molar-refractivity contribution in [1.82, 2.24) is 4.90 Å². The van der Waals surface area contributed by atoms with Crippen LogP contribution in [0.4, 0.5) is 0 Å². The summed E-state index contributed by atoms with van der Waals surface area (Å²) in [4.78, 5) is 24.7. The Kier molecular flexibility index (Phi) is 1.99. The topological polar surface area (TPSA) is 37.4 Å². The predicted octanol–water partition coefficient (Wildman–Crippen LogP) is 1.76. The Morgan fingerprint density at radius 3 is 2.19 bits per heavy atom. The Morgan fingerprint density at radius 1 is 1.06 bits per heavy atom. The summed E-state index contributed by atoms with van der Waals surface area (Å²) in [5.74, 6) is 0.743. The molecular weight excluding hydrogens is 202 g/mol. The molecular formula is C13H19NO2. The molecule has 0 aromatic heterocycles. The molecule has 0 unspecified atom stereocenters. The Labute approximate surface area is 96.2 Å². The van der Waals surface area contributed by atoms with Gasteiger partial charge in [0.25, 0.3) is 0 Å². The third-order valence-electron chi connectivity index (χ3n) is 4.89. The van der Waals surface area contributed by atoms with Gasteiger partial charge in [-0.2, -0.15) is 0 Å². The van der Waals surface area contributed by atoms with Crippen LogP contribution in [0.5, 0.6) is 0 Å². The number of Topliss-reactive ketones (excluding diaryl/α,β-unsaturated/α-hetero) is 1. The summed E-state index contributed by atoms with van der Waals surface area (Å²) in [6.07, 6.45) is 6.82. The van der Waals surface area contributed by atoms with Crippen LogP contribution in [0, 0.1) is 10.8 Å². The van der Waals surface area contributed by atoms with Crippen LogP contribution in [0.3, 0.4) is 0 Å². The number of carbonyl (C=O) groups excluding carboxylic acids is 2. The van der Waals surface area contributed by atoms with E-state index in [0.717, 1.165) is 38.6 Å². The van der Waals surface area contributed by atoms with Crippen LogP contribution in [0.1, 0.15) is 44.9 Å². The average molecular weight is 221 g/mol. The van der Waals surface area contributed by atoms with Gasteiger partial charge in [-0.1, -0.05) is 0 Å². The zero-order chi connectivity index (χ0) is 11.4. The van der Waals surface area contributed by atoms with Crippen molar-refractivity contribution in [2.45, 2.75) is 44.9 Å². The Balaban J connectivity index is 1.66. The maximum atomic E-state index is 11.6. The molecule has 1 saturated heterocycles. The number of likely N-dealkylation sites (tertiary alicyclic amines) is 1. The molecule has 16 heavy (non-hydrogen) atoms. The molecule has 0 aromatic carbocycles. The van der Waals surface area contributed by atoms with Crippen LogP contribution >= 0.6 is 0 Å². The van der Waals surface area contributed by atoms with E-state index in [0.29, 0.717) is 17.1 Å². The molecule has 0 atom stereocenters. The standard InChI is InChI=1S/C13H19NO2/c1-14-9-13(6-11(14)16)7-12(8-13)4-2-10(15)3-5-12/h2-9H2,1H3. The minimum Gasteiger partial charge on any atom is -0.345 e. The van der Waals surface area contributed by atoms with Gasteiger partial charge in [0.1, 0.15) is 5.78 Å². The van der Waals surface area contributed by atoms with E-state index in [4.69, 9.17) is 0 Å². The van der Waals surface area contributed by atoms with E-state index in [1.165, 1.54) is 12.8 Å². The number of hydrogen-bond acceptors (Lipinski definition) is 2. The predicted molar refractivity (Wildman–Crippen MR) is 59.8 cm³/mol. The highest BCUT2D eigenvalue weighted by Crippen LogP contribution is 2.63. The second-order valence-corrected chi connectivity index (χ2v) is 6.32. The van der Waals surface area contributed by atoms with Crippen LogP contribution in [-0.4, -0.2) is 30.2 Å². The number of amides is 1. The van der Waals surface area contributed by atoms with Crippen molar-refractivity contribution >= 4 is 11.7 Å². The molecule has 2 aliphatic carbocycles. The molecule has 2 spiro atoms. The van der Waals surface area contributed by atoms with Crippen molar-refractivity contribution in [2.75, 3.05) is 13.6 Å². The largest absolute Gasteiger partial charge is 0.345 e. The van der Waals surface area contributed by atoms with E-state index >= 15 is 0 Å². The van der Waals surface area contributed by atoms with Crippen LogP contribution in [0.2, 0.25) is 0 Å². The molecule has 2 saturated carbocycles. The van der Waals surface area contributed by atoms with Gasteiger partial charge >= 0.3 is 0 Å². The summed E-state index contributed by atoms with van der Waals surface area (Å²) in [7, 11) is 1.91. The quantitative estimate of drug-likeness (QED) is 0.625. The van der Waals surface area contributed by atoms with Crippen LogP contribution in [0.25, 0.3) is 0 Å². The fraction of sp³-hybridized carbons (Fsp3) is 0.846. The van der Waals surface area contributed by atoms with Gasteiger partial charge in [-0.05, 0) is 36.5 Å². The van der Waals surface area contributed by atoms with Crippen molar-refractivity contribution in [3.05, 3.63) is 0 Å². The van der Waals surface area contributed by atoms with Crippen LogP contribution < -0.4 is 0 Å². The minimum atomic E-state index is 0.284. The van der Waals surface area contributed by atoms with Gasteiger partial charge in [0.2, 0.25) is 5.91 Å². The van der Waals surface area contributed by atoms with Gasteiger partial charge in [-0.3, -0.25) is 9.59 Å². The SMILES string of the molecule is CN1CC2(CC1=O)CC1(CCC(=O)CC1)C2. The van der Waals surface area contributed by atoms with Crippen molar-refractivity contribution in [3.63, 3.8) is 0 Å². The van der Waals surface area contributed by atoms with Gasteiger partial charge in [0.15, 0.2) is 0 Å². The normalized spacial score (nSPS) is 31.2. The minimum absolute atomic E-state index is 0.284. The lowest BCUT2D eigenvalue weighted by atomic mass is 9.48.